The molecule has 124 valence electrons. The molecule has 0 bridgehead atoms. The van der Waals surface area contributed by atoms with E-state index in [1.807, 2.05) is 54.1 Å². The molecule has 0 fully saturated rings. The Kier molecular flexibility index (Phi) is 4.76. The molecule has 1 aromatic heterocycles. The molecule has 1 heterocycles. The minimum Gasteiger partial charge on any atom is -0.390 e. The van der Waals surface area contributed by atoms with Gasteiger partial charge >= 0.3 is 0 Å². The highest BCUT2D eigenvalue weighted by Crippen LogP contribution is 2.31. The average Bonchev–Trinajstić information content (AvgIpc) is 3.00. The summed E-state index contributed by atoms with van der Waals surface area (Å²) in [6.45, 7) is 1.94. The zero-order chi connectivity index (χ0) is 17.1. The summed E-state index contributed by atoms with van der Waals surface area (Å²) in [6, 6.07) is 15.8. The third kappa shape index (κ3) is 2.97. The second-order valence-corrected chi connectivity index (χ2v) is 6.01. The van der Waals surface area contributed by atoms with Crippen LogP contribution in [0.25, 0.3) is 10.9 Å². The molecule has 0 saturated carbocycles. The van der Waals surface area contributed by atoms with Crippen molar-refractivity contribution in [3.63, 3.8) is 0 Å². The number of aromatic nitrogens is 1. The van der Waals surface area contributed by atoms with Crippen LogP contribution in [0, 0.1) is 17.1 Å². The Morgan fingerprint density at radius 3 is 2.67 bits per heavy atom. The van der Waals surface area contributed by atoms with Gasteiger partial charge in [-0.05, 0) is 41.6 Å². The zero-order valence-corrected chi connectivity index (χ0v) is 13.6. The van der Waals surface area contributed by atoms with Crippen LogP contribution in [0.2, 0.25) is 0 Å². The van der Waals surface area contributed by atoms with Crippen LogP contribution in [0.5, 0.6) is 0 Å². The second-order valence-electron chi connectivity index (χ2n) is 6.01. The van der Waals surface area contributed by atoms with Crippen molar-refractivity contribution in [3.05, 3.63) is 72.2 Å². The minimum atomic E-state index is -0.815. The summed E-state index contributed by atoms with van der Waals surface area (Å²) < 4.78 is 15.7. The van der Waals surface area contributed by atoms with Gasteiger partial charge in [0.15, 0.2) is 0 Å². The molecule has 2 N–H and O–H groups in total. The van der Waals surface area contributed by atoms with Gasteiger partial charge in [0.1, 0.15) is 5.82 Å². The first kappa shape index (κ1) is 16.4. The Labute approximate surface area is 140 Å². The quantitative estimate of drug-likeness (QED) is 0.648. The largest absolute Gasteiger partial charge is 0.390 e. The fourth-order valence-electron chi connectivity index (χ4n) is 3.25. The Morgan fingerprint density at radius 2 is 1.96 bits per heavy atom. The predicted octanol–water partition coefficient (Wildman–Crippen LogP) is 4.41. The molecule has 3 rings (SSSR count). The molecule has 0 aliphatic carbocycles. The SMILES string of the molecule is CCC(C=N)C(O)C(c1cccc(F)c1)n1ccc2ccccc21. The summed E-state index contributed by atoms with van der Waals surface area (Å²) >= 11 is 0. The van der Waals surface area contributed by atoms with Gasteiger partial charge in [-0.3, -0.25) is 0 Å². The van der Waals surface area contributed by atoms with E-state index in [0.717, 1.165) is 10.9 Å². The highest BCUT2D eigenvalue weighted by molar-refractivity contribution is 5.80. The number of fused-ring (bicyclic) bond motifs is 1. The molecule has 0 amide bonds. The van der Waals surface area contributed by atoms with E-state index in [1.54, 1.807) is 6.07 Å². The van der Waals surface area contributed by atoms with Gasteiger partial charge in [-0.15, -0.1) is 0 Å². The first-order valence-corrected chi connectivity index (χ1v) is 8.15. The van der Waals surface area contributed by atoms with E-state index in [0.29, 0.717) is 12.0 Å². The van der Waals surface area contributed by atoms with Gasteiger partial charge in [-0.25, -0.2) is 4.39 Å². The van der Waals surface area contributed by atoms with Gasteiger partial charge in [0.2, 0.25) is 0 Å². The maximum Gasteiger partial charge on any atom is 0.123 e. The van der Waals surface area contributed by atoms with Crippen molar-refractivity contribution in [3.8, 4) is 0 Å². The summed E-state index contributed by atoms with van der Waals surface area (Å²) in [5.74, 6) is -0.622. The standard InChI is InChI=1S/C20H21FN2O/c1-2-14(13-22)20(24)19(16-7-5-8-17(21)12-16)23-11-10-15-6-3-4-9-18(15)23/h3-14,19-20,22,24H,2H2,1H3. The third-order valence-electron chi connectivity index (χ3n) is 4.57. The Bertz CT molecular complexity index is 842. The second kappa shape index (κ2) is 6.97. The number of benzene rings is 2. The van der Waals surface area contributed by atoms with E-state index >= 15 is 0 Å². The lowest BCUT2D eigenvalue weighted by Crippen LogP contribution is -2.32. The number of nitrogens with zero attached hydrogens (tertiary/aromatic N) is 1. The van der Waals surface area contributed by atoms with E-state index in [1.165, 1.54) is 18.3 Å². The number of aliphatic hydroxyl groups excluding tert-OH is 1. The van der Waals surface area contributed by atoms with Crippen molar-refractivity contribution in [1.29, 1.82) is 5.41 Å². The van der Waals surface area contributed by atoms with Crippen LogP contribution < -0.4 is 0 Å². The molecule has 3 nitrogen and oxygen atoms in total. The van der Waals surface area contributed by atoms with Crippen LogP contribution in [0.4, 0.5) is 4.39 Å². The molecule has 3 atom stereocenters. The van der Waals surface area contributed by atoms with Gasteiger partial charge in [0.25, 0.3) is 0 Å². The average molecular weight is 324 g/mol. The Morgan fingerprint density at radius 1 is 1.17 bits per heavy atom. The first-order chi connectivity index (χ1) is 11.7. The van der Waals surface area contributed by atoms with E-state index in [2.05, 4.69) is 0 Å². The van der Waals surface area contributed by atoms with Crippen LogP contribution in [0.3, 0.4) is 0 Å². The molecule has 0 radical (unpaired) electrons. The fraction of sp³-hybridized carbons (Fsp3) is 0.250. The van der Waals surface area contributed by atoms with Gasteiger partial charge in [-0.2, -0.15) is 0 Å². The highest BCUT2D eigenvalue weighted by Gasteiger charge is 2.29. The summed E-state index contributed by atoms with van der Waals surface area (Å²) in [5, 5.41) is 19.6. The van der Waals surface area contributed by atoms with E-state index in [4.69, 9.17) is 5.41 Å². The fourth-order valence-corrected chi connectivity index (χ4v) is 3.25. The minimum absolute atomic E-state index is 0.292. The lowest BCUT2D eigenvalue weighted by Gasteiger charge is -2.29. The number of hydrogen-bond acceptors (Lipinski definition) is 2. The smallest absolute Gasteiger partial charge is 0.123 e. The number of aliphatic hydroxyl groups is 1. The number of para-hydroxylation sites is 1. The molecule has 0 spiro atoms. The van der Waals surface area contributed by atoms with Crippen molar-refractivity contribution in [2.75, 3.05) is 0 Å². The molecule has 2 aromatic carbocycles. The van der Waals surface area contributed by atoms with Crippen LogP contribution in [0.15, 0.2) is 60.8 Å². The summed E-state index contributed by atoms with van der Waals surface area (Å²) in [6.07, 6.45) is 3.03. The summed E-state index contributed by atoms with van der Waals surface area (Å²) in [7, 11) is 0. The summed E-state index contributed by atoms with van der Waals surface area (Å²) in [4.78, 5) is 0. The molecule has 3 aromatic rings. The van der Waals surface area contributed by atoms with Gasteiger partial charge in [0, 0.05) is 23.8 Å². The topological polar surface area (TPSA) is 49.0 Å². The van der Waals surface area contributed by atoms with Gasteiger partial charge in [0.05, 0.1) is 12.1 Å². The van der Waals surface area contributed by atoms with Crippen LogP contribution >= 0.6 is 0 Å². The molecular formula is C20H21FN2O. The van der Waals surface area contributed by atoms with Crippen molar-refractivity contribution < 1.29 is 9.50 Å². The van der Waals surface area contributed by atoms with Gasteiger partial charge in [-0.1, -0.05) is 37.3 Å². The van der Waals surface area contributed by atoms with E-state index < -0.39 is 12.1 Å². The van der Waals surface area contributed by atoms with Crippen LogP contribution in [-0.4, -0.2) is 22.0 Å². The maximum atomic E-state index is 13.8. The number of nitrogens with one attached hydrogen (secondary N) is 1. The lowest BCUT2D eigenvalue weighted by molar-refractivity contribution is 0.0981. The number of hydrogen-bond donors (Lipinski definition) is 2. The van der Waals surface area contributed by atoms with Gasteiger partial charge < -0.3 is 15.1 Å². The zero-order valence-electron chi connectivity index (χ0n) is 13.6. The molecular weight excluding hydrogens is 303 g/mol. The summed E-state index contributed by atoms with van der Waals surface area (Å²) in [5.41, 5.74) is 1.68. The third-order valence-corrected chi connectivity index (χ3v) is 4.57. The number of halogens is 1. The Balaban J connectivity index is 2.16. The van der Waals surface area contributed by atoms with Crippen LogP contribution in [-0.2, 0) is 0 Å². The maximum absolute atomic E-state index is 13.8. The molecule has 0 saturated heterocycles. The van der Waals surface area contributed by atoms with Crippen molar-refractivity contribution in [2.24, 2.45) is 5.92 Å². The predicted molar refractivity (Wildman–Crippen MR) is 95.0 cm³/mol. The monoisotopic (exact) mass is 324 g/mol. The van der Waals surface area contributed by atoms with Crippen LogP contribution in [0.1, 0.15) is 24.9 Å². The molecule has 4 heteroatoms. The Hall–Kier alpha value is -2.46. The van der Waals surface area contributed by atoms with Crippen molar-refractivity contribution >= 4 is 17.1 Å². The molecule has 3 unspecified atom stereocenters. The van der Waals surface area contributed by atoms with E-state index in [9.17, 15) is 9.50 Å². The highest BCUT2D eigenvalue weighted by atomic mass is 19.1. The number of rotatable bonds is 6. The lowest BCUT2D eigenvalue weighted by atomic mass is 9.90. The molecule has 0 aliphatic rings. The van der Waals surface area contributed by atoms with Crippen molar-refractivity contribution in [1.82, 2.24) is 4.57 Å². The van der Waals surface area contributed by atoms with Crippen molar-refractivity contribution in [2.45, 2.75) is 25.5 Å². The normalized spacial score (nSPS) is 15.1. The first-order valence-electron chi connectivity index (χ1n) is 8.15. The van der Waals surface area contributed by atoms with E-state index in [-0.39, 0.29) is 11.7 Å². The molecule has 24 heavy (non-hydrogen) atoms. The molecule has 0 aliphatic heterocycles.